The van der Waals surface area contributed by atoms with Crippen LogP contribution in [0.1, 0.15) is 48.8 Å². The Morgan fingerprint density at radius 1 is 1.42 bits per heavy atom. The topological polar surface area (TPSA) is 78.5 Å². The highest BCUT2D eigenvalue weighted by atomic mass is 16.5. The lowest BCUT2D eigenvalue weighted by Gasteiger charge is -2.35. The quantitative estimate of drug-likeness (QED) is 0.879. The lowest BCUT2D eigenvalue weighted by Crippen LogP contribution is -2.49. The van der Waals surface area contributed by atoms with Gasteiger partial charge in [0, 0.05) is 38.5 Å². The van der Waals surface area contributed by atoms with Crippen molar-refractivity contribution < 1.29 is 14.3 Å². The van der Waals surface area contributed by atoms with Gasteiger partial charge in [-0.05, 0) is 24.8 Å². The number of H-pyrrole nitrogens is 1. The van der Waals surface area contributed by atoms with Crippen LogP contribution >= 0.6 is 0 Å². The second kappa shape index (κ2) is 6.93. The van der Waals surface area contributed by atoms with E-state index in [9.17, 15) is 9.59 Å². The number of nitrogens with zero attached hydrogens (tertiary/aromatic N) is 3. The first-order valence-electron chi connectivity index (χ1n) is 8.65. The van der Waals surface area contributed by atoms with Gasteiger partial charge in [-0.1, -0.05) is 13.8 Å². The molecule has 1 aromatic heterocycles. The van der Waals surface area contributed by atoms with E-state index < -0.39 is 0 Å². The molecule has 1 aromatic rings. The maximum absolute atomic E-state index is 12.8. The minimum absolute atomic E-state index is 0.0823. The third-order valence-electron chi connectivity index (χ3n) is 5.06. The fourth-order valence-corrected chi connectivity index (χ4v) is 3.59. The van der Waals surface area contributed by atoms with E-state index in [0.29, 0.717) is 37.9 Å². The summed E-state index contributed by atoms with van der Waals surface area (Å²) in [6, 6.07) is 1.91. The van der Waals surface area contributed by atoms with Crippen molar-refractivity contribution in [3.05, 3.63) is 17.5 Å². The molecule has 132 valence electrons. The molecule has 1 N–H and O–H groups in total. The normalized spacial score (nSPS) is 23.9. The van der Waals surface area contributed by atoms with Gasteiger partial charge in [-0.2, -0.15) is 5.10 Å². The number of amides is 2. The van der Waals surface area contributed by atoms with Crippen molar-refractivity contribution in [3.63, 3.8) is 0 Å². The van der Waals surface area contributed by atoms with Crippen LogP contribution in [0.4, 0.5) is 0 Å². The number of ether oxygens (including phenoxy) is 1. The summed E-state index contributed by atoms with van der Waals surface area (Å²) < 4.78 is 5.12. The Bertz CT molecular complexity index is 613. The number of rotatable bonds is 5. The summed E-state index contributed by atoms with van der Waals surface area (Å²) in [5, 5.41) is 7.10. The average Bonchev–Trinajstić information content (AvgIpc) is 2.90. The van der Waals surface area contributed by atoms with E-state index in [4.69, 9.17) is 4.74 Å². The Labute approximate surface area is 142 Å². The molecule has 7 heteroatoms. The molecule has 3 aliphatic rings. The maximum atomic E-state index is 12.8. The van der Waals surface area contributed by atoms with E-state index in [-0.39, 0.29) is 23.8 Å². The monoisotopic (exact) mass is 334 g/mol. The van der Waals surface area contributed by atoms with Crippen molar-refractivity contribution in [2.24, 2.45) is 5.92 Å². The summed E-state index contributed by atoms with van der Waals surface area (Å²) in [7, 11) is 1.64. The second-order valence-corrected chi connectivity index (χ2v) is 7.03. The molecule has 2 atom stereocenters. The third-order valence-corrected chi connectivity index (χ3v) is 5.06. The third kappa shape index (κ3) is 3.17. The molecule has 7 nitrogen and oxygen atoms in total. The summed E-state index contributed by atoms with van der Waals surface area (Å²) in [5.41, 5.74) is 1.39. The molecule has 24 heavy (non-hydrogen) atoms. The minimum atomic E-state index is -0.104. The molecule has 0 unspecified atom stereocenters. The summed E-state index contributed by atoms with van der Waals surface area (Å²) in [4.78, 5) is 29.1. The first-order valence-corrected chi connectivity index (χ1v) is 8.65. The van der Waals surface area contributed by atoms with Gasteiger partial charge in [-0.15, -0.1) is 0 Å². The number of aromatic nitrogens is 2. The zero-order chi connectivity index (χ0) is 17.3. The van der Waals surface area contributed by atoms with Crippen molar-refractivity contribution >= 4 is 11.8 Å². The van der Waals surface area contributed by atoms with Gasteiger partial charge in [-0.3, -0.25) is 14.7 Å². The number of carbonyl (C=O) groups is 2. The smallest absolute Gasteiger partial charge is 0.274 e. The number of carbonyl (C=O) groups excluding carboxylic acids is 2. The Morgan fingerprint density at radius 3 is 2.88 bits per heavy atom. The number of hydrogen-bond acceptors (Lipinski definition) is 4. The Kier molecular flexibility index (Phi) is 4.89. The molecule has 4 rings (SSSR count). The summed E-state index contributed by atoms with van der Waals surface area (Å²) in [6.07, 6.45) is 1.80. The fraction of sp³-hybridized carbons (Fsp3) is 0.706. The highest BCUT2D eigenvalue weighted by Crippen LogP contribution is 2.29. The van der Waals surface area contributed by atoms with E-state index >= 15 is 0 Å². The highest BCUT2D eigenvalue weighted by molar-refractivity contribution is 5.93. The summed E-state index contributed by atoms with van der Waals surface area (Å²) in [6.45, 7) is 6.30. The minimum Gasteiger partial charge on any atom is -0.383 e. The average molecular weight is 334 g/mol. The number of aromatic amines is 1. The van der Waals surface area contributed by atoms with Crippen molar-refractivity contribution in [3.8, 4) is 0 Å². The van der Waals surface area contributed by atoms with Crippen LogP contribution in [0.2, 0.25) is 0 Å². The first-order chi connectivity index (χ1) is 11.5. The van der Waals surface area contributed by atoms with Gasteiger partial charge in [-0.25, -0.2) is 0 Å². The van der Waals surface area contributed by atoms with Crippen molar-refractivity contribution in [2.75, 3.05) is 33.4 Å². The lowest BCUT2D eigenvalue weighted by atomic mass is 9.94. The van der Waals surface area contributed by atoms with Gasteiger partial charge in [0.2, 0.25) is 5.91 Å². The molecule has 0 aliphatic carbocycles. The van der Waals surface area contributed by atoms with E-state index in [0.717, 1.165) is 18.5 Å². The summed E-state index contributed by atoms with van der Waals surface area (Å²) in [5.74, 6) is 0.262. The first kappa shape index (κ1) is 17.0. The molecule has 3 aliphatic heterocycles. The summed E-state index contributed by atoms with van der Waals surface area (Å²) >= 11 is 0. The highest BCUT2D eigenvalue weighted by Gasteiger charge is 2.42. The van der Waals surface area contributed by atoms with Crippen LogP contribution in [0.3, 0.4) is 0 Å². The van der Waals surface area contributed by atoms with Crippen LogP contribution in [-0.4, -0.2) is 71.2 Å². The molecular formula is C17H26N4O3. The number of piperidine rings is 1. The maximum Gasteiger partial charge on any atom is 0.274 e. The molecular weight excluding hydrogens is 308 g/mol. The number of fused-ring (bicyclic) bond motifs is 4. The van der Waals surface area contributed by atoms with Gasteiger partial charge in [0.1, 0.15) is 5.69 Å². The van der Waals surface area contributed by atoms with E-state index in [2.05, 4.69) is 24.0 Å². The van der Waals surface area contributed by atoms with Crippen molar-refractivity contribution in [2.45, 2.75) is 38.6 Å². The van der Waals surface area contributed by atoms with Crippen molar-refractivity contribution in [1.82, 2.24) is 20.0 Å². The number of methoxy groups -OCH3 is 1. The molecule has 0 spiro atoms. The van der Waals surface area contributed by atoms with E-state index in [1.54, 1.807) is 12.0 Å². The van der Waals surface area contributed by atoms with Gasteiger partial charge < -0.3 is 14.5 Å². The molecule has 0 aromatic carbocycles. The van der Waals surface area contributed by atoms with Crippen LogP contribution in [0.25, 0.3) is 0 Å². The zero-order valence-corrected chi connectivity index (χ0v) is 14.6. The van der Waals surface area contributed by atoms with Crippen LogP contribution in [0.5, 0.6) is 0 Å². The predicted octanol–water partition coefficient (Wildman–Crippen LogP) is 1.24. The zero-order valence-electron chi connectivity index (χ0n) is 14.6. The molecule has 4 heterocycles. The Hall–Kier alpha value is -1.89. The molecule has 2 bridgehead atoms. The van der Waals surface area contributed by atoms with Crippen LogP contribution in [-0.2, 0) is 9.53 Å². The Balaban J connectivity index is 1.75. The molecule has 3 fully saturated rings. The van der Waals surface area contributed by atoms with E-state index in [1.165, 1.54) is 0 Å². The second-order valence-electron chi connectivity index (χ2n) is 7.03. The molecule has 0 saturated carbocycles. The van der Waals surface area contributed by atoms with Gasteiger partial charge >= 0.3 is 0 Å². The fourth-order valence-electron chi connectivity index (χ4n) is 3.59. The largest absolute Gasteiger partial charge is 0.383 e. The molecule has 2 amide bonds. The predicted molar refractivity (Wildman–Crippen MR) is 88.7 cm³/mol. The van der Waals surface area contributed by atoms with Crippen LogP contribution in [0, 0.1) is 5.92 Å². The van der Waals surface area contributed by atoms with Crippen LogP contribution < -0.4 is 0 Å². The standard InChI is InChI=1S/C17H26N4O3/c1-11(2)14-8-15(19-18-14)17(23)20-9-12-4-5-13(10-20)21(16(12)22)6-7-24-3/h8,11-13H,4-7,9-10H2,1-3H3,(H,18,19)/t12-,13+/m0/s1. The lowest BCUT2D eigenvalue weighted by molar-refractivity contribution is -0.140. The SMILES string of the molecule is COCCN1C(=O)[C@H]2CC[C@@H]1CN(C(=O)c1cc(C(C)C)[nH]n1)C2. The van der Waals surface area contributed by atoms with Crippen LogP contribution in [0.15, 0.2) is 6.07 Å². The molecule has 0 radical (unpaired) electrons. The van der Waals surface area contributed by atoms with Gasteiger partial charge in [0.25, 0.3) is 5.91 Å². The molecule has 3 saturated heterocycles. The van der Waals surface area contributed by atoms with Crippen molar-refractivity contribution in [1.29, 1.82) is 0 Å². The van der Waals surface area contributed by atoms with E-state index in [1.807, 2.05) is 11.0 Å². The Morgan fingerprint density at radius 2 is 2.21 bits per heavy atom. The number of nitrogens with one attached hydrogen (secondary N) is 1. The number of hydrogen-bond donors (Lipinski definition) is 1. The van der Waals surface area contributed by atoms with Gasteiger partial charge in [0.15, 0.2) is 0 Å². The van der Waals surface area contributed by atoms with Gasteiger partial charge in [0.05, 0.1) is 12.5 Å².